The Morgan fingerprint density at radius 3 is 2.67 bits per heavy atom. The number of carbonyl (C=O) groups excluding carboxylic acids is 1. The SMILES string of the molecule is Cc1c(F)cc(N2C[C@H](CN(c3ccon3)P(=O)(O)O)OC2=O)c(F)c1F. The average molecular weight is 407 g/mol. The fourth-order valence-corrected chi connectivity index (χ4v) is 3.31. The van der Waals surface area contributed by atoms with Crippen molar-refractivity contribution in [1.29, 1.82) is 0 Å². The Morgan fingerprint density at radius 1 is 1.37 bits per heavy atom. The molecule has 1 atom stereocenters. The van der Waals surface area contributed by atoms with Crippen LogP contribution in [0.3, 0.4) is 0 Å². The second-order valence-electron chi connectivity index (χ2n) is 5.70. The number of anilines is 2. The summed E-state index contributed by atoms with van der Waals surface area (Å²) in [5.74, 6) is -4.15. The van der Waals surface area contributed by atoms with Gasteiger partial charge in [0.25, 0.3) is 0 Å². The summed E-state index contributed by atoms with van der Waals surface area (Å²) in [7, 11) is -4.85. The largest absolute Gasteiger partial charge is 0.442 e. The van der Waals surface area contributed by atoms with E-state index >= 15 is 0 Å². The third kappa shape index (κ3) is 3.64. The van der Waals surface area contributed by atoms with Crippen molar-refractivity contribution >= 4 is 25.3 Å². The van der Waals surface area contributed by atoms with Crippen molar-refractivity contribution in [2.75, 3.05) is 22.7 Å². The van der Waals surface area contributed by atoms with E-state index in [0.717, 1.165) is 13.2 Å². The molecule has 0 aliphatic carbocycles. The standard InChI is InChI=1S/C14H13F3N3O6P/c1-7-9(15)4-10(13(17)12(7)16)19-5-8(26-14(19)21)6-20(27(22,23)24)11-2-3-25-18-11/h2-4,8H,5-6H2,1H3,(H2,22,23,24)/t8-/m1/s1. The predicted molar refractivity (Wildman–Crippen MR) is 84.6 cm³/mol. The molecule has 0 radical (unpaired) electrons. The van der Waals surface area contributed by atoms with Gasteiger partial charge in [-0.25, -0.2) is 22.5 Å². The molecule has 2 N–H and O–H groups in total. The summed E-state index contributed by atoms with van der Waals surface area (Å²) >= 11 is 0. The minimum atomic E-state index is -4.85. The highest BCUT2D eigenvalue weighted by Gasteiger charge is 2.39. The van der Waals surface area contributed by atoms with Crippen molar-refractivity contribution < 1.29 is 41.6 Å². The summed E-state index contributed by atoms with van der Waals surface area (Å²) in [5, 5.41) is 3.41. The van der Waals surface area contributed by atoms with Crippen LogP contribution in [-0.4, -0.2) is 40.2 Å². The molecule has 0 spiro atoms. The summed E-state index contributed by atoms with van der Waals surface area (Å²) in [4.78, 5) is 31.5. The Kier molecular flexibility index (Phi) is 4.89. The smallest absolute Gasteiger partial charge is 0.431 e. The van der Waals surface area contributed by atoms with E-state index in [1.54, 1.807) is 0 Å². The van der Waals surface area contributed by atoms with E-state index in [4.69, 9.17) is 4.74 Å². The maximum atomic E-state index is 14.1. The summed E-state index contributed by atoms with van der Waals surface area (Å²) in [6.07, 6.45) is -1.18. The molecule has 1 aliphatic heterocycles. The number of ether oxygens (including phenoxy) is 1. The van der Waals surface area contributed by atoms with Crippen LogP contribution in [0, 0.1) is 24.4 Å². The molecule has 2 aromatic rings. The molecule has 9 nitrogen and oxygen atoms in total. The monoisotopic (exact) mass is 407 g/mol. The highest BCUT2D eigenvalue weighted by molar-refractivity contribution is 7.53. The molecule has 146 valence electrons. The molecule has 1 amide bonds. The van der Waals surface area contributed by atoms with Crippen LogP contribution >= 0.6 is 7.75 Å². The maximum Gasteiger partial charge on any atom is 0.431 e. The fourth-order valence-electron chi connectivity index (χ4n) is 2.55. The normalized spacial score (nSPS) is 17.3. The van der Waals surface area contributed by atoms with Gasteiger partial charge >= 0.3 is 13.8 Å². The highest BCUT2D eigenvalue weighted by Crippen LogP contribution is 2.43. The van der Waals surface area contributed by atoms with Crippen LogP contribution in [0.2, 0.25) is 0 Å². The number of hydrogen-bond acceptors (Lipinski definition) is 5. The van der Waals surface area contributed by atoms with E-state index in [0.29, 0.717) is 15.6 Å². The number of aromatic nitrogens is 1. The van der Waals surface area contributed by atoms with Crippen LogP contribution in [0.15, 0.2) is 22.9 Å². The molecule has 0 saturated carbocycles. The number of carbonyl (C=O) groups is 1. The highest BCUT2D eigenvalue weighted by atomic mass is 31.2. The molecule has 3 rings (SSSR count). The molecule has 2 heterocycles. The van der Waals surface area contributed by atoms with Gasteiger partial charge in [0.1, 0.15) is 18.2 Å². The van der Waals surface area contributed by atoms with Gasteiger partial charge in [-0.05, 0) is 6.92 Å². The molecule has 0 bridgehead atoms. The molecule has 1 aromatic carbocycles. The Morgan fingerprint density at radius 2 is 2.07 bits per heavy atom. The fraction of sp³-hybridized carbons (Fsp3) is 0.286. The predicted octanol–water partition coefficient (Wildman–Crippen LogP) is 2.32. The quantitative estimate of drug-likeness (QED) is 0.573. The summed E-state index contributed by atoms with van der Waals surface area (Å²) in [5.41, 5.74) is -1.22. The van der Waals surface area contributed by atoms with Crippen LogP contribution in [0.1, 0.15) is 5.56 Å². The topological polar surface area (TPSA) is 116 Å². The lowest BCUT2D eigenvalue weighted by Crippen LogP contribution is -2.33. The van der Waals surface area contributed by atoms with E-state index in [9.17, 15) is 32.3 Å². The van der Waals surface area contributed by atoms with Gasteiger partial charge < -0.3 is 19.0 Å². The van der Waals surface area contributed by atoms with Crippen molar-refractivity contribution in [1.82, 2.24) is 5.16 Å². The van der Waals surface area contributed by atoms with E-state index in [1.165, 1.54) is 6.07 Å². The molecule has 0 unspecified atom stereocenters. The Balaban J connectivity index is 1.85. The van der Waals surface area contributed by atoms with Crippen molar-refractivity contribution in [3.05, 3.63) is 41.4 Å². The molecule has 1 aromatic heterocycles. The lowest BCUT2D eigenvalue weighted by atomic mass is 10.1. The minimum absolute atomic E-state index is 0.212. The summed E-state index contributed by atoms with van der Waals surface area (Å²) in [6.45, 7) is 0.127. The second-order valence-corrected chi connectivity index (χ2v) is 7.21. The first-order valence-corrected chi connectivity index (χ1v) is 9.02. The summed E-state index contributed by atoms with van der Waals surface area (Å²) < 4.78 is 63.3. The molecular weight excluding hydrogens is 394 g/mol. The molecule has 1 fully saturated rings. The number of cyclic esters (lactones) is 1. The zero-order chi connectivity index (χ0) is 19.9. The van der Waals surface area contributed by atoms with Crippen LogP contribution in [0.4, 0.5) is 29.5 Å². The van der Waals surface area contributed by atoms with Gasteiger partial charge in [0.05, 0.1) is 18.8 Å². The van der Waals surface area contributed by atoms with E-state index in [-0.39, 0.29) is 5.82 Å². The molecule has 1 saturated heterocycles. The Labute approximate surface area is 150 Å². The van der Waals surface area contributed by atoms with Crippen LogP contribution in [-0.2, 0) is 9.30 Å². The number of rotatable bonds is 5. The molecule has 1 aliphatic rings. The van der Waals surface area contributed by atoms with Crippen LogP contribution < -0.4 is 9.57 Å². The van der Waals surface area contributed by atoms with E-state index < -0.39 is 61.7 Å². The van der Waals surface area contributed by atoms with Gasteiger partial charge in [-0.1, -0.05) is 5.16 Å². The third-order valence-corrected chi connectivity index (χ3v) is 4.91. The number of hydrogen-bond donors (Lipinski definition) is 2. The molecule has 13 heteroatoms. The van der Waals surface area contributed by atoms with Gasteiger partial charge in [-0.2, -0.15) is 0 Å². The number of benzene rings is 1. The van der Waals surface area contributed by atoms with Gasteiger partial charge in [0.15, 0.2) is 17.5 Å². The van der Waals surface area contributed by atoms with Crippen molar-refractivity contribution in [3.8, 4) is 0 Å². The molecular formula is C14H13F3N3O6P. The van der Waals surface area contributed by atoms with Gasteiger partial charge in [0.2, 0.25) is 0 Å². The number of halogens is 3. The second kappa shape index (κ2) is 6.87. The number of amides is 1. The lowest BCUT2D eigenvalue weighted by molar-refractivity contribution is 0.144. The van der Waals surface area contributed by atoms with Crippen LogP contribution in [0.25, 0.3) is 0 Å². The minimum Gasteiger partial charge on any atom is -0.442 e. The average Bonchev–Trinajstić information content (AvgIpc) is 3.23. The summed E-state index contributed by atoms with van der Waals surface area (Å²) in [6, 6.07) is 1.83. The van der Waals surface area contributed by atoms with Gasteiger partial charge in [0, 0.05) is 17.7 Å². The van der Waals surface area contributed by atoms with Crippen molar-refractivity contribution in [3.63, 3.8) is 0 Å². The molecule has 27 heavy (non-hydrogen) atoms. The van der Waals surface area contributed by atoms with Crippen LogP contribution in [0.5, 0.6) is 0 Å². The van der Waals surface area contributed by atoms with E-state index in [1.807, 2.05) is 0 Å². The first kappa shape index (κ1) is 19.2. The zero-order valence-electron chi connectivity index (χ0n) is 13.7. The maximum absolute atomic E-state index is 14.1. The van der Waals surface area contributed by atoms with E-state index in [2.05, 4.69) is 9.68 Å². The third-order valence-electron chi connectivity index (χ3n) is 3.91. The van der Waals surface area contributed by atoms with Gasteiger partial charge in [-0.3, -0.25) is 9.57 Å². The Bertz CT molecular complexity index is 919. The van der Waals surface area contributed by atoms with Crippen molar-refractivity contribution in [2.45, 2.75) is 13.0 Å². The first-order chi connectivity index (χ1) is 12.6. The van der Waals surface area contributed by atoms with Crippen molar-refractivity contribution in [2.24, 2.45) is 0 Å². The number of nitrogens with zero attached hydrogens (tertiary/aromatic N) is 3. The first-order valence-electron chi connectivity index (χ1n) is 7.45. The lowest BCUT2D eigenvalue weighted by Gasteiger charge is -2.24. The van der Waals surface area contributed by atoms with Gasteiger partial charge in [-0.15, -0.1) is 0 Å². The Hall–Kier alpha value is -2.56. The zero-order valence-corrected chi connectivity index (χ0v) is 14.6.